The van der Waals surface area contributed by atoms with Crippen molar-refractivity contribution in [3.05, 3.63) is 51.5 Å². The Hall–Kier alpha value is -3.28. The van der Waals surface area contributed by atoms with Crippen molar-refractivity contribution in [3.8, 4) is 11.6 Å². The summed E-state index contributed by atoms with van der Waals surface area (Å²) < 4.78 is 6.04. The third-order valence-corrected chi connectivity index (χ3v) is 7.68. The number of likely N-dealkylation sites (tertiary alicyclic amines) is 1. The molecule has 2 aromatic carbocycles. The summed E-state index contributed by atoms with van der Waals surface area (Å²) in [7, 11) is 0. The SMILES string of the molecule is O=C(Cc1ccc2c(c1)CCO2)N=Nc1c(O)[nH]c2cc(C(=O)NCCCN3CCC[C@H]3CO)cc(Br)c12. The molecule has 0 bridgehead atoms. The number of ether oxygens (including phenoxy) is 1. The Balaban J connectivity index is 1.22. The van der Waals surface area contributed by atoms with E-state index in [1.54, 1.807) is 12.1 Å². The van der Waals surface area contributed by atoms with Gasteiger partial charge in [-0.15, -0.1) is 10.2 Å². The first-order valence-corrected chi connectivity index (χ1v) is 13.6. The molecule has 11 heteroatoms. The van der Waals surface area contributed by atoms with E-state index in [1.807, 2.05) is 18.2 Å². The van der Waals surface area contributed by atoms with E-state index in [-0.39, 0.29) is 36.5 Å². The fourth-order valence-corrected chi connectivity index (χ4v) is 5.78. The second-order valence-electron chi connectivity index (χ2n) is 9.64. The van der Waals surface area contributed by atoms with Gasteiger partial charge in [-0.05, 0) is 71.1 Å². The van der Waals surface area contributed by atoms with Crippen molar-refractivity contribution in [2.24, 2.45) is 10.2 Å². The summed E-state index contributed by atoms with van der Waals surface area (Å²) in [5, 5.41) is 31.2. The Kier molecular flexibility index (Phi) is 8.06. The number of aromatic hydroxyl groups is 1. The number of nitrogens with one attached hydrogen (secondary N) is 2. The molecule has 0 aliphatic carbocycles. The smallest absolute Gasteiger partial charge is 0.269 e. The van der Waals surface area contributed by atoms with Gasteiger partial charge in [0.15, 0.2) is 5.69 Å². The van der Waals surface area contributed by atoms with Gasteiger partial charge in [0.2, 0.25) is 5.88 Å². The maximum absolute atomic E-state index is 12.8. The van der Waals surface area contributed by atoms with Gasteiger partial charge in [0.1, 0.15) is 5.75 Å². The number of fused-ring (bicyclic) bond motifs is 2. The summed E-state index contributed by atoms with van der Waals surface area (Å²) >= 11 is 3.47. The number of carbonyl (C=O) groups excluding carboxylic acids is 2. The minimum absolute atomic E-state index is 0.0871. The van der Waals surface area contributed by atoms with Crippen LogP contribution in [0.1, 0.15) is 40.7 Å². The Morgan fingerprint density at radius 1 is 1.26 bits per heavy atom. The minimum Gasteiger partial charge on any atom is -0.493 e. The average molecular weight is 584 g/mol. The van der Waals surface area contributed by atoms with E-state index >= 15 is 0 Å². The van der Waals surface area contributed by atoms with E-state index in [4.69, 9.17) is 4.74 Å². The quantitative estimate of drug-likeness (QED) is 0.222. The molecule has 0 radical (unpaired) electrons. The lowest BCUT2D eigenvalue weighted by Gasteiger charge is -2.22. The van der Waals surface area contributed by atoms with Crippen molar-refractivity contribution in [1.82, 2.24) is 15.2 Å². The number of aliphatic hydroxyl groups excluding tert-OH is 1. The van der Waals surface area contributed by atoms with Crippen LogP contribution >= 0.6 is 15.9 Å². The Morgan fingerprint density at radius 3 is 2.97 bits per heavy atom. The molecule has 1 aromatic heterocycles. The summed E-state index contributed by atoms with van der Waals surface area (Å²) in [6.45, 7) is 3.14. The molecule has 1 fully saturated rings. The highest BCUT2D eigenvalue weighted by atomic mass is 79.9. The number of aliphatic hydroxyl groups is 1. The van der Waals surface area contributed by atoms with Crippen molar-refractivity contribution in [2.75, 3.05) is 32.8 Å². The van der Waals surface area contributed by atoms with Crippen LogP contribution in [-0.2, 0) is 17.6 Å². The van der Waals surface area contributed by atoms with Crippen molar-refractivity contribution >= 4 is 44.3 Å². The van der Waals surface area contributed by atoms with Gasteiger partial charge in [-0.1, -0.05) is 12.1 Å². The summed E-state index contributed by atoms with van der Waals surface area (Å²) in [6, 6.07) is 9.15. The zero-order chi connectivity index (χ0) is 26.6. The number of aromatic amines is 1. The fraction of sp³-hybridized carbons (Fsp3) is 0.407. The second-order valence-corrected chi connectivity index (χ2v) is 10.5. The second kappa shape index (κ2) is 11.6. The van der Waals surface area contributed by atoms with Gasteiger partial charge >= 0.3 is 0 Å². The topological polar surface area (TPSA) is 140 Å². The van der Waals surface area contributed by atoms with Crippen LogP contribution in [0.15, 0.2) is 45.0 Å². The van der Waals surface area contributed by atoms with E-state index in [9.17, 15) is 19.8 Å². The maximum Gasteiger partial charge on any atom is 0.269 e. The molecule has 3 aromatic rings. The first-order valence-electron chi connectivity index (χ1n) is 12.8. The number of rotatable bonds is 9. The fourth-order valence-electron chi connectivity index (χ4n) is 5.13. The van der Waals surface area contributed by atoms with Crippen molar-refractivity contribution in [1.29, 1.82) is 0 Å². The van der Waals surface area contributed by atoms with E-state index in [0.29, 0.717) is 34.1 Å². The first kappa shape index (κ1) is 26.3. The van der Waals surface area contributed by atoms with Crippen LogP contribution in [0.3, 0.4) is 0 Å². The number of hydrogen-bond donors (Lipinski definition) is 4. The van der Waals surface area contributed by atoms with Gasteiger partial charge in [-0.2, -0.15) is 0 Å². The highest BCUT2D eigenvalue weighted by Gasteiger charge is 2.23. The van der Waals surface area contributed by atoms with E-state index in [1.165, 1.54) is 0 Å². The average Bonchev–Trinajstić information content (AvgIpc) is 3.63. The molecule has 3 heterocycles. The van der Waals surface area contributed by atoms with Crippen molar-refractivity contribution < 1.29 is 24.5 Å². The lowest BCUT2D eigenvalue weighted by atomic mass is 10.1. The summed E-state index contributed by atoms with van der Waals surface area (Å²) in [4.78, 5) is 30.3. The lowest BCUT2D eigenvalue weighted by Crippen LogP contribution is -2.35. The molecule has 1 saturated heterocycles. The Bertz CT molecular complexity index is 1390. The van der Waals surface area contributed by atoms with Gasteiger partial charge in [0.05, 0.1) is 25.2 Å². The molecule has 10 nitrogen and oxygen atoms in total. The molecule has 2 aliphatic heterocycles. The molecule has 38 heavy (non-hydrogen) atoms. The van der Waals surface area contributed by atoms with Crippen LogP contribution in [0.25, 0.3) is 10.9 Å². The van der Waals surface area contributed by atoms with Gasteiger partial charge in [-0.25, -0.2) is 0 Å². The number of nitrogens with zero attached hydrogens (tertiary/aromatic N) is 3. The molecular weight excluding hydrogens is 554 g/mol. The van der Waals surface area contributed by atoms with Crippen LogP contribution in [0, 0.1) is 0 Å². The van der Waals surface area contributed by atoms with Gasteiger partial charge in [-0.3, -0.25) is 14.5 Å². The number of amides is 2. The van der Waals surface area contributed by atoms with Gasteiger partial charge in [0, 0.05) is 41.0 Å². The summed E-state index contributed by atoms with van der Waals surface area (Å²) in [5.41, 5.74) is 2.93. The van der Waals surface area contributed by atoms with Crippen molar-refractivity contribution in [3.63, 3.8) is 0 Å². The number of aromatic nitrogens is 1. The van der Waals surface area contributed by atoms with E-state index < -0.39 is 5.91 Å². The molecule has 2 aliphatic rings. The number of benzene rings is 2. The van der Waals surface area contributed by atoms with Gasteiger partial charge in [0.25, 0.3) is 11.8 Å². The predicted molar refractivity (Wildman–Crippen MR) is 145 cm³/mol. The standard InChI is InChI=1S/C27H30BrN5O5/c28-20-13-18(26(36)29-7-2-9-33-8-1-3-19(33)15-34)14-21-24(20)25(27(37)30-21)32-31-23(35)12-16-4-5-22-17(11-16)6-10-38-22/h4-5,11,13-14,19,30,34,37H,1-3,6-10,12,15H2,(H,29,36)/t19-/m0/s1. The monoisotopic (exact) mass is 583 g/mol. The molecule has 5 rings (SSSR count). The number of hydrogen-bond acceptors (Lipinski definition) is 7. The third kappa shape index (κ3) is 5.74. The molecule has 4 N–H and O–H groups in total. The molecular formula is C27H30BrN5O5. The Labute approximate surface area is 228 Å². The zero-order valence-electron chi connectivity index (χ0n) is 20.9. The molecule has 2 amide bonds. The molecule has 0 saturated carbocycles. The van der Waals surface area contributed by atoms with Crippen LogP contribution in [0.2, 0.25) is 0 Å². The van der Waals surface area contributed by atoms with Crippen LogP contribution in [-0.4, -0.2) is 70.8 Å². The number of azo groups is 1. The van der Waals surface area contributed by atoms with E-state index in [0.717, 1.165) is 55.6 Å². The van der Waals surface area contributed by atoms with E-state index in [2.05, 4.69) is 41.4 Å². The molecule has 1 atom stereocenters. The maximum atomic E-state index is 12.8. The first-order chi connectivity index (χ1) is 18.4. The third-order valence-electron chi connectivity index (χ3n) is 7.05. The van der Waals surface area contributed by atoms with Gasteiger partial charge < -0.3 is 25.3 Å². The predicted octanol–water partition coefficient (Wildman–Crippen LogP) is 4.00. The lowest BCUT2D eigenvalue weighted by molar-refractivity contribution is -0.117. The number of carbonyl (C=O) groups is 2. The molecule has 0 unspecified atom stereocenters. The van der Waals surface area contributed by atoms with Crippen LogP contribution < -0.4 is 10.1 Å². The highest BCUT2D eigenvalue weighted by Crippen LogP contribution is 2.40. The van der Waals surface area contributed by atoms with Crippen LogP contribution in [0.4, 0.5) is 5.69 Å². The zero-order valence-corrected chi connectivity index (χ0v) is 22.5. The largest absolute Gasteiger partial charge is 0.493 e. The highest BCUT2D eigenvalue weighted by molar-refractivity contribution is 9.10. The summed E-state index contributed by atoms with van der Waals surface area (Å²) in [5.74, 6) is -0.0693. The normalized spacial score (nSPS) is 17.3. The minimum atomic E-state index is -0.441. The number of halogens is 1. The molecule has 200 valence electrons. The Morgan fingerprint density at radius 2 is 2.13 bits per heavy atom. The van der Waals surface area contributed by atoms with Crippen LogP contribution in [0.5, 0.6) is 11.6 Å². The molecule has 0 spiro atoms. The number of H-pyrrole nitrogens is 1. The van der Waals surface area contributed by atoms with Crippen molar-refractivity contribution in [2.45, 2.75) is 38.1 Å². The summed E-state index contributed by atoms with van der Waals surface area (Å²) in [6.07, 6.45) is 3.80.